The molecule has 54 valence electrons. The van der Waals surface area contributed by atoms with Crippen molar-refractivity contribution in [2.45, 2.75) is 0 Å². The zero-order valence-corrected chi connectivity index (χ0v) is 6.42. The Labute approximate surface area is 69.2 Å². The van der Waals surface area contributed by atoms with Crippen molar-refractivity contribution in [2.24, 2.45) is 0 Å². The molecule has 0 aromatic rings. The summed E-state index contributed by atoms with van der Waals surface area (Å²) in [5.41, 5.74) is 1.74. The van der Waals surface area contributed by atoms with E-state index >= 15 is 0 Å². The summed E-state index contributed by atoms with van der Waals surface area (Å²) < 4.78 is 0. The van der Waals surface area contributed by atoms with Gasteiger partial charge < -0.3 is 0 Å². The Morgan fingerprint density at radius 1 is 0.909 bits per heavy atom. The van der Waals surface area contributed by atoms with Crippen LogP contribution in [0.2, 0.25) is 5.02 Å². The first kappa shape index (κ1) is 6.55. The third-order valence-corrected chi connectivity index (χ3v) is 1.71. The highest BCUT2D eigenvalue weighted by Crippen LogP contribution is 2.17. The van der Waals surface area contributed by atoms with Gasteiger partial charge in [0.15, 0.2) is 0 Å². The number of hydrogen-bond acceptors (Lipinski definition) is 2. The van der Waals surface area contributed by atoms with Crippen LogP contribution in [0.3, 0.4) is 0 Å². The number of aromatic nitrogens is 2. The van der Waals surface area contributed by atoms with Crippen LogP contribution in [0.25, 0.3) is 11.4 Å². The molecule has 0 radical (unpaired) electrons. The lowest BCUT2D eigenvalue weighted by Crippen LogP contribution is -1.67. The predicted molar refractivity (Wildman–Crippen MR) is 43.7 cm³/mol. The lowest BCUT2D eigenvalue weighted by molar-refractivity contribution is 1.33. The molecule has 1 aliphatic heterocycles. The van der Waals surface area contributed by atoms with Crippen LogP contribution < -0.4 is 0 Å². The highest BCUT2D eigenvalue weighted by Gasteiger charge is 2.00. The highest BCUT2D eigenvalue weighted by molar-refractivity contribution is 6.30. The molecule has 0 atom stereocenters. The summed E-state index contributed by atoms with van der Waals surface area (Å²) in [5, 5.41) is 0.699. The smallest absolute Gasteiger partial charge is 0.116 e. The van der Waals surface area contributed by atoms with E-state index in [4.69, 9.17) is 11.6 Å². The summed E-state index contributed by atoms with van der Waals surface area (Å²) in [7, 11) is 0. The van der Waals surface area contributed by atoms with Crippen molar-refractivity contribution >= 4 is 11.6 Å². The van der Waals surface area contributed by atoms with Gasteiger partial charge in [-0.3, -0.25) is 0 Å². The normalized spacial score (nSPS) is 10.3. The van der Waals surface area contributed by atoms with Gasteiger partial charge in [-0.2, -0.15) is 0 Å². The van der Waals surface area contributed by atoms with Crippen molar-refractivity contribution in [2.75, 3.05) is 0 Å². The molecular formula is C8H5ClN2. The first-order valence-corrected chi connectivity index (χ1v) is 3.60. The molecule has 0 N–H and O–H groups in total. The largest absolute Gasteiger partial charge is 0.235 e. The van der Waals surface area contributed by atoms with Crippen LogP contribution in [0.1, 0.15) is 0 Å². The van der Waals surface area contributed by atoms with Crippen molar-refractivity contribution in [3.05, 3.63) is 35.6 Å². The van der Waals surface area contributed by atoms with Crippen LogP contribution in [0.5, 0.6) is 0 Å². The van der Waals surface area contributed by atoms with Crippen molar-refractivity contribution in [3.8, 4) is 11.4 Å². The maximum atomic E-state index is 5.76. The maximum Gasteiger partial charge on any atom is 0.116 e. The Morgan fingerprint density at radius 3 is 2.00 bits per heavy atom. The molecule has 11 heavy (non-hydrogen) atoms. The van der Waals surface area contributed by atoms with Crippen LogP contribution >= 0.6 is 11.6 Å². The topological polar surface area (TPSA) is 25.8 Å². The van der Waals surface area contributed by atoms with Crippen LogP contribution in [0.15, 0.2) is 30.6 Å². The standard InChI is InChI=1S/C8H5ClN2/c9-6-1-3-7-8(4-2-6)11-5-10-7/h1-5H. The summed E-state index contributed by atoms with van der Waals surface area (Å²) in [6, 6.07) is 7.31. The number of fused-ring (bicyclic) bond motifs is 1. The minimum Gasteiger partial charge on any atom is -0.235 e. The van der Waals surface area contributed by atoms with Gasteiger partial charge in [0.25, 0.3) is 0 Å². The minimum absolute atomic E-state index is 0.699. The molecule has 0 saturated heterocycles. The zero-order valence-electron chi connectivity index (χ0n) is 5.66. The van der Waals surface area contributed by atoms with Gasteiger partial charge >= 0.3 is 0 Å². The molecule has 0 amide bonds. The second kappa shape index (κ2) is 2.47. The van der Waals surface area contributed by atoms with E-state index in [9.17, 15) is 0 Å². The van der Waals surface area contributed by atoms with Gasteiger partial charge in [-0.25, -0.2) is 9.97 Å². The van der Waals surface area contributed by atoms with Crippen molar-refractivity contribution in [1.29, 1.82) is 0 Å². The van der Waals surface area contributed by atoms with Crippen LogP contribution in [-0.4, -0.2) is 9.97 Å². The summed E-state index contributed by atoms with van der Waals surface area (Å²) >= 11 is 5.76. The Bertz CT molecular complexity index is 317. The quantitative estimate of drug-likeness (QED) is 0.597. The van der Waals surface area contributed by atoms with Crippen molar-refractivity contribution in [1.82, 2.24) is 9.97 Å². The van der Waals surface area contributed by atoms with Crippen molar-refractivity contribution < 1.29 is 0 Å². The second-order valence-electron chi connectivity index (χ2n) is 2.20. The number of halogens is 1. The molecule has 2 aliphatic rings. The van der Waals surface area contributed by atoms with E-state index in [0.29, 0.717) is 5.02 Å². The average Bonchev–Trinajstić information content (AvgIpc) is 2.38. The SMILES string of the molecule is Clc1ccc2ncnc-2cc1. The fraction of sp³-hybridized carbons (Fsp3) is 0. The van der Waals surface area contributed by atoms with E-state index in [2.05, 4.69) is 9.97 Å². The molecule has 1 aliphatic carbocycles. The molecule has 0 unspecified atom stereocenters. The lowest BCUT2D eigenvalue weighted by atomic mass is 10.3. The fourth-order valence-corrected chi connectivity index (χ4v) is 1.04. The van der Waals surface area contributed by atoms with E-state index in [1.165, 1.54) is 0 Å². The zero-order chi connectivity index (χ0) is 7.68. The molecule has 0 bridgehead atoms. The molecule has 0 aromatic carbocycles. The van der Waals surface area contributed by atoms with E-state index in [0.717, 1.165) is 11.4 Å². The van der Waals surface area contributed by atoms with Gasteiger partial charge in [0.05, 0.1) is 11.4 Å². The van der Waals surface area contributed by atoms with Crippen LogP contribution in [0.4, 0.5) is 0 Å². The second-order valence-corrected chi connectivity index (χ2v) is 2.63. The lowest BCUT2D eigenvalue weighted by Gasteiger charge is -1.81. The summed E-state index contributed by atoms with van der Waals surface area (Å²) in [6.45, 7) is 0. The Morgan fingerprint density at radius 2 is 1.45 bits per heavy atom. The molecule has 2 nitrogen and oxygen atoms in total. The van der Waals surface area contributed by atoms with E-state index in [1.54, 1.807) is 18.5 Å². The molecule has 0 saturated carbocycles. The summed E-state index contributed by atoms with van der Waals surface area (Å²) in [4.78, 5) is 8.06. The third kappa shape index (κ3) is 1.17. The number of rotatable bonds is 0. The Kier molecular flexibility index (Phi) is 1.47. The van der Waals surface area contributed by atoms with E-state index < -0.39 is 0 Å². The highest BCUT2D eigenvalue weighted by atomic mass is 35.5. The van der Waals surface area contributed by atoms with Crippen LogP contribution in [0, 0.1) is 0 Å². The molecular weight excluding hydrogens is 160 g/mol. The summed E-state index contributed by atoms with van der Waals surface area (Å²) in [6.07, 6.45) is 1.54. The molecule has 1 heterocycles. The first-order valence-electron chi connectivity index (χ1n) is 3.22. The first-order chi connectivity index (χ1) is 5.36. The fourth-order valence-electron chi connectivity index (χ4n) is 0.915. The Balaban J connectivity index is 2.71. The Hall–Kier alpha value is -1.15. The van der Waals surface area contributed by atoms with Gasteiger partial charge in [-0.15, -0.1) is 0 Å². The predicted octanol–water partition coefficient (Wildman–Crippen LogP) is 2.23. The molecule has 0 fully saturated rings. The monoisotopic (exact) mass is 164 g/mol. The van der Waals surface area contributed by atoms with Gasteiger partial charge in [0.1, 0.15) is 6.33 Å². The van der Waals surface area contributed by atoms with Gasteiger partial charge in [0.2, 0.25) is 0 Å². The molecule has 0 aromatic heterocycles. The third-order valence-electron chi connectivity index (χ3n) is 1.46. The van der Waals surface area contributed by atoms with Gasteiger partial charge in [-0.05, 0) is 24.3 Å². The minimum atomic E-state index is 0.699. The summed E-state index contributed by atoms with van der Waals surface area (Å²) in [5.74, 6) is 0. The van der Waals surface area contributed by atoms with Gasteiger partial charge in [0, 0.05) is 5.02 Å². The number of nitrogens with zero attached hydrogens (tertiary/aromatic N) is 2. The van der Waals surface area contributed by atoms with E-state index in [-0.39, 0.29) is 0 Å². The molecule has 3 heteroatoms. The number of imidazole rings is 1. The average molecular weight is 165 g/mol. The van der Waals surface area contributed by atoms with Gasteiger partial charge in [-0.1, -0.05) is 11.6 Å². The maximum absolute atomic E-state index is 5.76. The molecule has 2 rings (SSSR count). The number of hydrogen-bond donors (Lipinski definition) is 0. The van der Waals surface area contributed by atoms with E-state index in [1.807, 2.05) is 12.1 Å². The van der Waals surface area contributed by atoms with Crippen molar-refractivity contribution in [3.63, 3.8) is 0 Å². The van der Waals surface area contributed by atoms with Crippen LogP contribution in [-0.2, 0) is 0 Å². The molecule has 0 spiro atoms.